The molecule has 1 fully saturated rings. The Balaban J connectivity index is 1.44. The van der Waals surface area contributed by atoms with Crippen molar-refractivity contribution in [2.45, 2.75) is 4.90 Å². The van der Waals surface area contributed by atoms with E-state index < -0.39 is 0 Å². The summed E-state index contributed by atoms with van der Waals surface area (Å²) < 4.78 is 0. The van der Waals surface area contributed by atoms with Gasteiger partial charge in [0, 0.05) is 43.7 Å². The van der Waals surface area contributed by atoms with E-state index >= 15 is 0 Å². The summed E-state index contributed by atoms with van der Waals surface area (Å²) in [5.41, 5.74) is 1.43. The molecule has 31 heavy (non-hydrogen) atoms. The molecule has 0 radical (unpaired) electrons. The highest BCUT2D eigenvalue weighted by molar-refractivity contribution is 7.98. The highest BCUT2D eigenvalue weighted by Crippen LogP contribution is 2.24. The molecule has 7 nitrogen and oxygen atoms in total. The van der Waals surface area contributed by atoms with E-state index in [0.717, 1.165) is 10.6 Å². The van der Waals surface area contributed by atoms with Crippen molar-refractivity contribution in [2.24, 2.45) is 0 Å². The zero-order valence-electron chi connectivity index (χ0n) is 17.9. The number of piperazine rings is 1. The molecule has 3 rings (SSSR count). The minimum absolute atomic E-state index is 0.00595. The summed E-state index contributed by atoms with van der Waals surface area (Å²) in [4.78, 5) is 43.7. The summed E-state index contributed by atoms with van der Waals surface area (Å²) in [6, 6.07) is 16.8. The standard InChI is InChI=1S/C23H28N4O3S/c1-25(16-21(28)24-19-10-6-7-11-20(19)31-2)22(29)17-26-12-14-27(15-13-26)23(30)18-8-4-3-5-9-18/h3-11H,12-17H2,1-2H3,(H,24,28). The van der Waals surface area contributed by atoms with Crippen LogP contribution in [0.5, 0.6) is 0 Å². The van der Waals surface area contributed by atoms with Crippen molar-refractivity contribution in [3.05, 3.63) is 60.2 Å². The molecule has 3 amide bonds. The number of nitrogens with zero attached hydrogens (tertiary/aromatic N) is 3. The number of hydrogen-bond donors (Lipinski definition) is 1. The Bertz CT molecular complexity index is 914. The average Bonchev–Trinajstić information content (AvgIpc) is 2.80. The number of nitrogens with one attached hydrogen (secondary N) is 1. The summed E-state index contributed by atoms with van der Waals surface area (Å²) in [6.07, 6.45) is 1.95. The van der Waals surface area contributed by atoms with Gasteiger partial charge in [-0.25, -0.2) is 0 Å². The third-order valence-electron chi connectivity index (χ3n) is 5.23. The van der Waals surface area contributed by atoms with E-state index in [4.69, 9.17) is 0 Å². The average molecular weight is 441 g/mol. The van der Waals surface area contributed by atoms with Crippen LogP contribution >= 0.6 is 11.8 Å². The molecule has 2 aromatic rings. The molecule has 0 saturated carbocycles. The second kappa shape index (κ2) is 11.0. The first-order valence-corrected chi connectivity index (χ1v) is 11.4. The summed E-state index contributed by atoms with van der Waals surface area (Å²) in [7, 11) is 1.64. The van der Waals surface area contributed by atoms with Gasteiger partial charge in [0.2, 0.25) is 11.8 Å². The van der Waals surface area contributed by atoms with E-state index in [0.29, 0.717) is 31.7 Å². The summed E-state index contributed by atoms with van der Waals surface area (Å²) in [6.45, 7) is 2.65. The first-order chi connectivity index (χ1) is 15.0. The molecule has 0 unspecified atom stereocenters. The van der Waals surface area contributed by atoms with E-state index in [1.54, 1.807) is 18.8 Å². The maximum absolute atomic E-state index is 12.6. The molecule has 1 aliphatic rings. The Kier molecular flexibility index (Phi) is 8.08. The number of carbonyl (C=O) groups excluding carboxylic acids is 3. The van der Waals surface area contributed by atoms with Gasteiger partial charge in [0.05, 0.1) is 18.8 Å². The molecule has 1 saturated heterocycles. The Morgan fingerprint density at radius 2 is 1.61 bits per heavy atom. The number of hydrogen-bond acceptors (Lipinski definition) is 5. The fraction of sp³-hybridized carbons (Fsp3) is 0.348. The van der Waals surface area contributed by atoms with E-state index in [9.17, 15) is 14.4 Å². The Morgan fingerprint density at radius 3 is 2.29 bits per heavy atom. The molecule has 2 aromatic carbocycles. The van der Waals surface area contributed by atoms with Gasteiger partial charge in [-0.3, -0.25) is 19.3 Å². The van der Waals surface area contributed by atoms with Gasteiger partial charge in [0.15, 0.2) is 0 Å². The van der Waals surface area contributed by atoms with Gasteiger partial charge in [-0.15, -0.1) is 11.8 Å². The first-order valence-electron chi connectivity index (χ1n) is 10.2. The van der Waals surface area contributed by atoms with Gasteiger partial charge < -0.3 is 15.1 Å². The monoisotopic (exact) mass is 440 g/mol. The molecule has 1 heterocycles. The second-order valence-corrected chi connectivity index (χ2v) is 8.28. The molecule has 0 atom stereocenters. The van der Waals surface area contributed by atoms with Crippen LogP contribution in [0, 0.1) is 0 Å². The lowest BCUT2D eigenvalue weighted by Crippen LogP contribution is -2.51. The van der Waals surface area contributed by atoms with Gasteiger partial charge in [-0.2, -0.15) is 0 Å². The van der Waals surface area contributed by atoms with Crippen LogP contribution in [0.15, 0.2) is 59.5 Å². The van der Waals surface area contributed by atoms with Crippen LogP contribution < -0.4 is 5.32 Å². The summed E-state index contributed by atoms with van der Waals surface area (Å²) in [5.74, 6) is -0.322. The largest absolute Gasteiger partial charge is 0.336 e. The number of para-hydroxylation sites is 1. The van der Waals surface area contributed by atoms with Crippen molar-refractivity contribution >= 4 is 35.2 Å². The van der Waals surface area contributed by atoms with Crippen LogP contribution in [0.4, 0.5) is 5.69 Å². The van der Waals surface area contributed by atoms with Gasteiger partial charge >= 0.3 is 0 Å². The highest BCUT2D eigenvalue weighted by atomic mass is 32.2. The molecule has 1 N–H and O–H groups in total. The normalized spacial score (nSPS) is 14.2. The molecule has 1 aliphatic heterocycles. The quantitative estimate of drug-likeness (QED) is 0.669. The number of anilines is 1. The molecular formula is C23H28N4O3S. The van der Waals surface area contributed by atoms with Crippen LogP contribution in [0.2, 0.25) is 0 Å². The van der Waals surface area contributed by atoms with Crippen LogP contribution in [0.1, 0.15) is 10.4 Å². The van der Waals surface area contributed by atoms with E-state index in [1.807, 2.05) is 70.7 Å². The van der Waals surface area contributed by atoms with Crippen LogP contribution in [0.3, 0.4) is 0 Å². The lowest BCUT2D eigenvalue weighted by Gasteiger charge is -2.35. The highest BCUT2D eigenvalue weighted by Gasteiger charge is 2.24. The van der Waals surface area contributed by atoms with Gasteiger partial charge in [-0.05, 0) is 30.5 Å². The SMILES string of the molecule is CSc1ccccc1NC(=O)CN(C)C(=O)CN1CCN(C(=O)c2ccccc2)CC1. The lowest BCUT2D eigenvalue weighted by molar-refractivity contribution is -0.134. The van der Waals surface area contributed by atoms with Crippen molar-refractivity contribution in [1.82, 2.24) is 14.7 Å². The number of thioether (sulfide) groups is 1. The predicted octanol–water partition coefficient (Wildman–Crippen LogP) is 2.26. The smallest absolute Gasteiger partial charge is 0.253 e. The van der Waals surface area contributed by atoms with Crippen LogP contribution in [0.25, 0.3) is 0 Å². The Hall–Kier alpha value is -2.84. The van der Waals surface area contributed by atoms with Crippen molar-refractivity contribution in [2.75, 3.05) is 57.9 Å². The van der Waals surface area contributed by atoms with Gasteiger partial charge in [0.25, 0.3) is 5.91 Å². The number of carbonyl (C=O) groups is 3. The number of rotatable bonds is 7. The van der Waals surface area contributed by atoms with Crippen LogP contribution in [-0.2, 0) is 9.59 Å². The van der Waals surface area contributed by atoms with Crippen molar-refractivity contribution in [1.29, 1.82) is 0 Å². The maximum atomic E-state index is 12.6. The van der Waals surface area contributed by atoms with Crippen molar-refractivity contribution < 1.29 is 14.4 Å². The zero-order chi connectivity index (χ0) is 22.2. The first kappa shape index (κ1) is 22.8. The van der Waals surface area contributed by atoms with E-state index in [-0.39, 0.29) is 30.8 Å². The molecule has 0 bridgehead atoms. The van der Waals surface area contributed by atoms with E-state index in [1.165, 1.54) is 4.90 Å². The maximum Gasteiger partial charge on any atom is 0.253 e. The summed E-state index contributed by atoms with van der Waals surface area (Å²) >= 11 is 1.56. The van der Waals surface area contributed by atoms with Crippen molar-refractivity contribution in [3.8, 4) is 0 Å². The molecule has 0 aliphatic carbocycles. The number of amides is 3. The fourth-order valence-corrected chi connectivity index (χ4v) is 3.98. The molecular weight excluding hydrogens is 412 g/mol. The second-order valence-electron chi connectivity index (χ2n) is 7.43. The minimum Gasteiger partial charge on any atom is -0.336 e. The molecule has 8 heteroatoms. The predicted molar refractivity (Wildman–Crippen MR) is 123 cm³/mol. The fourth-order valence-electron chi connectivity index (χ4n) is 3.43. The van der Waals surface area contributed by atoms with Gasteiger partial charge in [0.1, 0.15) is 0 Å². The molecule has 0 aromatic heterocycles. The third kappa shape index (κ3) is 6.32. The lowest BCUT2D eigenvalue weighted by atomic mass is 10.2. The summed E-state index contributed by atoms with van der Waals surface area (Å²) in [5, 5.41) is 2.87. The minimum atomic E-state index is -0.226. The molecule has 0 spiro atoms. The Morgan fingerprint density at radius 1 is 0.968 bits per heavy atom. The molecule has 164 valence electrons. The van der Waals surface area contributed by atoms with E-state index in [2.05, 4.69) is 5.32 Å². The third-order valence-corrected chi connectivity index (χ3v) is 6.02. The zero-order valence-corrected chi connectivity index (χ0v) is 18.7. The van der Waals surface area contributed by atoms with Crippen molar-refractivity contribution in [3.63, 3.8) is 0 Å². The van der Waals surface area contributed by atoms with Gasteiger partial charge in [-0.1, -0.05) is 30.3 Å². The number of benzene rings is 2. The Labute approximate surface area is 187 Å². The topological polar surface area (TPSA) is 73.0 Å². The van der Waals surface area contributed by atoms with Crippen LogP contribution in [-0.4, -0.2) is 85.0 Å². The number of likely N-dealkylation sites (N-methyl/N-ethyl adjacent to an activating group) is 1.